The van der Waals surface area contributed by atoms with E-state index in [0.29, 0.717) is 12.1 Å². The molecule has 0 N–H and O–H groups in total. The Hall–Kier alpha value is -2.82. The zero-order valence-corrected chi connectivity index (χ0v) is 13.5. The molecule has 0 atom stereocenters. The van der Waals surface area contributed by atoms with Gasteiger partial charge in [-0.25, -0.2) is 0 Å². The summed E-state index contributed by atoms with van der Waals surface area (Å²) in [7, 11) is 0. The Kier molecular flexibility index (Phi) is 5.47. The zero-order chi connectivity index (χ0) is 18.6. The van der Waals surface area contributed by atoms with Crippen LogP contribution in [0.3, 0.4) is 0 Å². The van der Waals surface area contributed by atoms with Crippen molar-refractivity contribution in [3.8, 4) is 5.75 Å². The highest BCUT2D eigenvalue weighted by Gasteiger charge is 2.34. The molecule has 0 amide bonds. The van der Waals surface area contributed by atoms with Crippen LogP contribution in [0.4, 0.5) is 17.1 Å². The van der Waals surface area contributed by atoms with Gasteiger partial charge in [-0.05, 0) is 0 Å². The van der Waals surface area contributed by atoms with Crippen molar-refractivity contribution in [1.29, 1.82) is 0 Å². The molecule has 25 heavy (non-hydrogen) atoms. The smallest absolute Gasteiger partial charge is 0.283 e. The average molecular weight is 354 g/mol. The molecule has 0 bridgehead atoms. The maximum Gasteiger partial charge on any atom is 0.283 e. The maximum atomic E-state index is 11.1. The minimum Gasteiger partial charge on any atom is -0.863 e. The van der Waals surface area contributed by atoms with E-state index in [9.17, 15) is 35.4 Å². The second-order valence-corrected chi connectivity index (χ2v) is 6.23. The lowest BCUT2D eigenvalue weighted by atomic mass is 10.2. The fourth-order valence-electron chi connectivity index (χ4n) is 3.42. The van der Waals surface area contributed by atoms with Gasteiger partial charge in [-0.3, -0.25) is 30.3 Å². The number of hydrogen-bond acceptors (Lipinski definition) is 7. The highest BCUT2D eigenvalue weighted by molar-refractivity contribution is 5.63. The van der Waals surface area contributed by atoms with Crippen molar-refractivity contribution < 1.29 is 24.4 Å². The molecular formula is C14H18N4O7. The van der Waals surface area contributed by atoms with Crippen molar-refractivity contribution in [1.82, 2.24) is 0 Å². The van der Waals surface area contributed by atoms with E-state index in [1.165, 1.54) is 56.3 Å². The van der Waals surface area contributed by atoms with E-state index in [-0.39, 0.29) is 0 Å². The molecule has 0 aliphatic carbocycles. The van der Waals surface area contributed by atoms with Gasteiger partial charge in [0.05, 0.1) is 58.8 Å². The van der Waals surface area contributed by atoms with Crippen LogP contribution in [0.5, 0.6) is 5.75 Å². The number of nitrogens with zero attached hydrogens (tertiary/aromatic N) is 4. The molecule has 2 heterocycles. The Morgan fingerprint density at radius 1 is 0.720 bits per heavy atom. The van der Waals surface area contributed by atoms with Gasteiger partial charge in [0.25, 0.3) is 17.1 Å². The topological polar surface area (TPSA) is 152 Å². The van der Waals surface area contributed by atoms with Crippen LogP contribution in [0.2, 0.25) is 0 Å². The third-order valence-corrected chi connectivity index (χ3v) is 4.67. The van der Waals surface area contributed by atoms with Crippen LogP contribution >= 0.6 is 0 Å². The van der Waals surface area contributed by atoms with Crippen LogP contribution < -0.4 is 5.11 Å². The Morgan fingerprint density at radius 3 is 1.36 bits per heavy atom. The van der Waals surface area contributed by atoms with E-state index in [0.717, 1.165) is 0 Å². The zero-order valence-electron chi connectivity index (χ0n) is 13.5. The number of hydrogen-bond donors (Lipinski definition) is 0. The average Bonchev–Trinajstić information content (AvgIpc) is 3.20. The molecule has 0 aromatic heterocycles. The van der Waals surface area contributed by atoms with Crippen LogP contribution in [0.25, 0.3) is 0 Å². The molecular weight excluding hydrogens is 336 g/mol. The molecule has 3 rings (SSSR count). The molecule has 11 heteroatoms. The molecule has 1 aromatic carbocycles. The van der Waals surface area contributed by atoms with Gasteiger partial charge in [0.1, 0.15) is 0 Å². The molecule has 1 aromatic rings. The number of rotatable bonds is 3. The van der Waals surface area contributed by atoms with Crippen LogP contribution in [-0.4, -0.2) is 45.4 Å². The van der Waals surface area contributed by atoms with Crippen LogP contribution in [0, 0.1) is 30.3 Å². The first-order valence-corrected chi connectivity index (χ1v) is 7.89. The molecule has 11 nitrogen and oxygen atoms in total. The first-order chi connectivity index (χ1) is 11.8. The minimum absolute atomic E-state index is 0.384. The normalized spacial score (nSPS) is 17.8. The summed E-state index contributed by atoms with van der Waals surface area (Å²) >= 11 is 0. The largest absolute Gasteiger partial charge is 0.863 e. The molecule has 0 saturated carbocycles. The van der Waals surface area contributed by atoms with Crippen molar-refractivity contribution >= 4 is 17.1 Å². The lowest BCUT2D eigenvalue weighted by Gasteiger charge is -2.27. The fourth-order valence-corrected chi connectivity index (χ4v) is 3.42. The Balaban J connectivity index is 0.000000208. The summed E-state index contributed by atoms with van der Waals surface area (Å²) in [5, 5.41) is 42.1. The summed E-state index contributed by atoms with van der Waals surface area (Å²) in [5.41, 5.74) is -3.26. The predicted octanol–water partition coefficient (Wildman–Crippen LogP) is 1.88. The molecule has 2 aliphatic heterocycles. The quantitative estimate of drug-likeness (QED) is 0.456. The lowest BCUT2D eigenvalue weighted by molar-refractivity contribution is -0.904. The summed E-state index contributed by atoms with van der Waals surface area (Å²) in [6.07, 6.45) is 6.00. The molecule has 2 saturated heterocycles. The molecule has 0 unspecified atom stereocenters. The van der Waals surface area contributed by atoms with E-state index in [1.807, 2.05) is 0 Å². The highest BCUT2D eigenvalue weighted by atomic mass is 16.6. The Morgan fingerprint density at radius 2 is 1.08 bits per heavy atom. The van der Waals surface area contributed by atoms with Gasteiger partial charge < -0.3 is 9.59 Å². The summed E-state index contributed by atoms with van der Waals surface area (Å²) in [4.78, 5) is 27.5. The minimum atomic E-state index is -1.46. The number of quaternary nitrogens is 1. The highest BCUT2D eigenvalue weighted by Crippen LogP contribution is 2.36. The van der Waals surface area contributed by atoms with Crippen molar-refractivity contribution in [2.24, 2.45) is 0 Å². The molecule has 1 spiro atoms. The van der Waals surface area contributed by atoms with E-state index in [2.05, 4.69) is 0 Å². The fraction of sp³-hybridized carbons (Fsp3) is 0.571. The Bertz CT molecular complexity index is 642. The summed E-state index contributed by atoms with van der Waals surface area (Å²) in [5.74, 6) is -1.46. The van der Waals surface area contributed by atoms with Crippen LogP contribution in [0.15, 0.2) is 12.1 Å². The number of nitro groups is 3. The Labute approximate surface area is 142 Å². The van der Waals surface area contributed by atoms with Gasteiger partial charge >= 0.3 is 0 Å². The first-order valence-electron chi connectivity index (χ1n) is 7.89. The van der Waals surface area contributed by atoms with Gasteiger partial charge in [-0.1, -0.05) is 0 Å². The summed E-state index contributed by atoms with van der Waals surface area (Å²) in [6, 6.07) is 0.769. The van der Waals surface area contributed by atoms with Crippen molar-refractivity contribution in [3.05, 3.63) is 42.5 Å². The van der Waals surface area contributed by atoms with E-state index in [4.69, 9.17) is 0 Å². The van der Waals surface area contributed by atoms with E-state index in [1.54, 1.807) is 0 Å². The number of nitro benzene ring substituents is 3. The second-order valence-electron chi connectivity index (χ2n) is 6.23. The second kappa shape index (κ2) is 7.38. The predicted molar refractivity (Wildman–Crippen MR) is 84.0 cm³/mol. The van der Waals surface area contributed by atoms with Crippen molar-refractivity contribution in [2.75, 3.05) is 26.2 Å². The number of benzene rings is 1. The molecule has 0 radical (unpaired) electrons. The van der Waals surface area contributed by atoms with Crippen LogP contribution in [0.1, 0.15) is 25.7 Å². The van der Waals surface area contributed by atoms with Gasteiger partial charge in [-0.2, -0.15) is 0 Å². The standard InChI is InChI=1S/C8H16N.C6H3N3O7/c1-2-6-9(5-1)7-3-4-8-9;10-6-4(8(13)14)1-3(7(11)12)2-5(6)9(15)16/h1-8H2;1-2,10H/q+1;/p-1. The van der Waals surface area contributed by atoms with Crippen LogP contribution in [-0.2, 0) is 0 Å². The van der Waals surface area contributed by atoms with Gasteiger partial charge in [0, 0.05) is 25.7 Å². The van der Waals surface area contributed by atoms with Gasteiger partial charge in [0.2, 0.25) is 0 Å². The van der Waals surface area contributed by atoms with E-state index >= 15 is 0 Å². The first kappa shape index (κ1) is 18.5. The third-order valence-electron chi connectivity index (χ3n) is 4.67. The molecule has 136 valence electrons. The van der Waals surface area contributed by atoms with Gasteiger partial charge in [0.15, 0.2) is 0 Å². The SMILES string of the molecule is C1CC[N+]2(C1)CCCC2.O=[N+]([O-])c1cc([N+](=O)[O-])c([O-])c([N+](=O)[O-])c1. The summed E-state index contributed by atoms with van der Waals surface area (Å²) in [6.45, 7) is 6.00. The number of non-ortho nitro benzene ring substituents is 1. The third kappa shape index (κ3) is 4.18. The lowest BCUT2D eigenvalue weighted by Crippen LogP contribution is -2.41. The monoisotopic (exact) mass is 354 g/mol. The maximum absolute atomic E-state index is 11.1. The summed E-state index contributed by atoms with van der Waals surface area (Å²) < 4.78 is 1.50. The van der Waals surface area contributed by atoms with Crippen molar-refractivity contribution in [2.45, 2.75) is 25.7 Å². The van der Waals surface area contributed by atoms with E-state index < -0.39 is 37.6 Å². The molecule has 2 fully saturated rings. The van der Waals surface area contributed by atoms with Gasteiger partial charge in [-0.15, -0.1) is 0 Å². The molecule has 2 aliphatic rings. The van der Waals surface area contributed by atoms with Crippen molar-refractivity contribution in [3.63, 3.8) is 0 Å².